The van der Waals surface area contributed by atoms with Crippen molar-refractivity contribution in [2.45, 2.75) is 50.1 Å². The molecule has 0 bridgehead atoms. The van der Waals surface area contributed by atoms with Crippen LogP contribution in [0.5, 0.6) is 0 Å². The van der Waals surface area contributed by atoms with E-state index in [4.69, 9.17) is 5.73 Å². The van der Waals surface area contributed by atoms with Crippen molar-refractivity contribution < 1.29 is 4.79 Å². The lowest BCUT2D eigenvalue weighted by Crippen LogP contribution is -2.55. The van der Waals surface area contributed by atoms with E-state index in [9.17, 15) is 4.79 Å². The molecule has 5 nitrogen and oxygen atoms in total. The maximum absolute atomic E-state index is 11.9. The first-order valence-electron chi connectivity index (χ1n) is 9.52. The molecule has 1 fully saturated rings. The molecule has 1 aromatic carbocycles. The summed E-state index contributed by atoms with van der Waals surface area (Å²) in [4.78, 5) is 15.5. The molecule has 1 aliphatic heterocycles. The molecule has 25 heavy (non-hydrogen) atoms. The monoisotopic (exact) mass is 342 g/mol. The normalized spacial score (nSPS) is 21.6. The van der Waals surface area contributed by atoms with E-state index < -0.39 is 0 Å². The van der Waals surface area contributed by atoms with Crippen LogP contribution in [0.2, 0.25) is 0 Å². The van der Waals surface area contributed by atoms with Gasteiger partial charge in [0.05, 0.1) is 11.6 Å². The van der Waals surface area contributed by atoms with Crippen LogP contribution in [0.3, 0.4) is 0 Å². The first-order valence-corrected chi connectivity index (χ1v) is 9.52. The summed E-state index contributed by atoms with van der Waals surface area (Å²) in [6.45, 7) is 2.56. The fourth-order valence-electron chi connectivity index (χ4n) is 3.96. The largest absolute Gasteiger partial charge is 0.357 e. The van der Waals surface area contributed by atoms with Crippen LogP contribution in [-0.2, 0) is 10.3 Å². The number of aromatic nitrogens is 1. The minimum Gasteiger partial charge on any atom is -0.357 e. The van der Waals surface area contributed by atoms with Gasteiger partial charge in [-0.1, -0.05) is 31.0 Å². The minimum absolute atomic E-state index is 0.224. The highest BCUT2D eigenvalue weighted by molar-refractivity contribution is 5.81. The smallest absolute Gasteiger partial charge is 0.139 e. The van der Waals surface area contributed by atoms with Crippen LogP contribution in [0.1, 0.15) is 44.2 Å². The third kappa shape index (κ3) is 3.94. The number of nitrogens with one attached hydrogen (secondary N) is 3. The molecule has 0 radical (unpaired) electrons. The lowest BCUT2D eigenvalue weighted by molar-refractivity contribution is -0.111. The van der Waals surface area contributed by atoms with Crippen LogP contribution in [0.4, 0.5) is 0 Å². The number of nitrogens with two attached hydrogens (primary N) is 1. The quantitative estimate of drug-likeness (QED) is 0.395. The van der Waals surface area contributed by atoms with Crippen molar-refractivity contribution in [3.05, 3.63) is 36.0 Å². The van der Waals surface area contributed by atoms with Crippen molar-refractivity contribution >= 4 is 17.2 Å². The summed E-state index contributed by atoms with van der Waals surface area (Å²) in [7, 11) is 0. The van der Waals surface area contributed by atoms with E-state index in [1.165, 1.54) is 5.39 Å². The molecular formula is C20H30N4O. The summed E-state index contributed by atoms with van der Waals surface area (Å²) in [5.74, 6) is 0. The van der Waals surface area contributed by atoms with Crippen LogP contribution < -0.4 is 16.4 Å². The summed E-state index contributed by atoms with van der Waals surface area (Å²) < 4.78 is 0. The van der Waals surface area contributed by atoms with Gasteiger partial charge in [0.1, 0.15) is 6.29 Å². The molecule has 5 N–H and O–H groups in total. The van der Waals surface area contributed by atoms with Gasteiger partial charge in [-0.05, 0) is 62.8 Å². The number of carbonyl (C=O) groups excluding carboxylic acids is 1. The molecule has 0 spiro atoms. The van der Waals surface area contributed by atoms with Crippen LogP contribution in [-0.4, -0.2) is 36.9 Å². The number of aldehydes is 1. The summed E-state index contributed by atoms with van der Waals surface area (Å²) in [6.07, 6.45) is 7.59. The van der Waals surface area contributed by atoms with E-state index in [0.717, 1.165) is 75.7 Å². The second-order valence-corrected chi connectivity index (χ2v) is 7.04. The molecule has 2 atom stereocenters. The Labute approximate surface area is 149 Å². The molecule has 2 unspecified atom stereocenters. The summed E-state index contributed by atoms with van der Waals surface area (Å²) >= 11 is 0. The summed E-state index contributed by atoms with van der Waals surface area (Å²) in [6, 6.07) is 10.2. The van der Waals surface area contributed by atoms with Crippen molar-refractivity contribution in [1.82, 2.24) is 15.6 Å². The molecule has 0 amide bonds. The lowest BCUT2D eigenvalue weighted by atomic mass is 9.85. The Morgan fingerprint density at radius 3 is 2.80 bits per heavy atom. The van der Waals surface area contributed by atoms with E-state index in [1.54, 1.807) is 0 Å². The average Bonchev–Trinajstić information content (AvgIpc) is 3.28. The number of aromatic amines is 1. The number of hydrogen-bond acceptors (Lipinski definition) is 4. The fourth-order valence-corrected chi connectivity index (χ4v) is 3.96. The van der Waals surface area contributed by atoms with Crippen molar-refractivity contribution in [2.24, 2.45) is 5.73 Å². The Morgan fingerprint density at radius 2 is 2.08 bits per heavy atom. The van der Waals surface area contributed by atoms with E-state index in [0.29, 0.717) is 0 Å². The third-order valence-corrected chi connectivity index (χ3v) is 5.36. The molecular weight excluding hydrogens is 312 g/mol. The molecule has 2 aromatic rings. The molecule has 136 valence electrons. The standard InChI is InChI=1S/C20H30N4O/c21-11-5-1-2-6-12-22-19(15-25)20(10-7-13-23-20)18-14-16-8-3-4-9-17(16)24-18/h3-4,8-9,14-15,19,22-24H,1-2,5-7,10-13,21H2. The highest BCUT2D eigenvalue weighted by Gasteiger charge is 2.43. The summed E-state index contributed by atoms with van der Waals surface area (Å²) in [5, 5.41) is 8.30. The maximum Gasteiger partial charge on any atom is 0.139 e. The topological polar surface area (TPSA) is 82.9 Å². The number of H-pyrrole nitrogens is 1. The molecule has 3 rings (SSSR count). The van der Waals surface area contributed by atoms with Crippen molar-refractivity contribution in [2.75, 3.05) is 19.6 Å². The first-order chi connectivity index (χ1) is 12.3. The van der Waals surface area contributed by atoms with Gasteiger partial charge in [0.15, 0.2) is 0 Å². The zero-order valence-electron chi connectivity index (χ0n) is 14.9. The van der Waals surface area contributed by atoms with Gasteiger partial charge in [0.2, 0.25) is 0 Å². The van der Waals surface area contributed by atoms with Gasteiger partial charge in [0, 0.05) is 11.2 Å². The van der Waals surface area contributed by atoms with Crippen LogP contribution >= 0.6 is 0 Å². The van der Waals surface area contributed by atoms with Crippen LogP contribution in [0.25, 0.3) is 10.9 Å². The molecule has 1 saturated heterocycles. The second-order valence-electron chi connectivity index (χ2n) is 7.04. The van der Waals surface area contributed by atoms with Gasteiger partial charge in [0.25, 0.3) is 0 Å². The number of rotatable bonds is 10. The number of hydrogen-bond donors (Lipinski definition) is 4. The molecule has 1 aliphatic rings. The van der Waals surface area contributed by atoms with Gasteiger partial charge in [-0.2, -0.15) is 0 Å². The molecule has 5 heteroatoms. The zero-order chi connectivity index (χ0) is 17.5. The Morgan fingerprint density at radius 1 is 1.24 bits per heavy atom. The van der Waals surface area contributed by atoms with Gasteiger partial charge in [-0.25, -0.2) is 0 Å². The van der Waals surface area contributed by atoms with E-state index >= 15 is 0 Å². The van der Waals surface area contributed by atoms with Crippen LogP contribution in [0, 0.1) is 0 Å². The predicted molar refractivity (Wildman–Crippen MR) is 103 cm³/mol. The van der Waals surface area contributed by atoms with Gasteiger partial charge < -0.3 is 26.1 Å². The Hall–Kier alpha value is -1.69. The predicted octanol–water partition coefficient (Wildman–Crippen LogP) is 2.42. The SMILES string of the molecule is NCCCCCCNC(C=O)C1(c2cc3ccccc3[nH]2)CCCN1. The van der Waals surface area contributed by atoms with Crippen LogP contribution in [0.15, 0.2) is 30.3 Å². The highest BCUT2D eigenvalue weighted by atomic mass is 16.1. The average molecular weight is 342 g/mol. The van der Waals surface area contributed by atoms with Gasteiger partial charge in [-0.15, -0.1) is 0 Å². The Bertz CT molecular complexity index is 642. The third-order valence-electron chi connectivity index (χ3n) is 5.36. The number of benzene rings is 1. The first kappa shape index (κ1) is 18.1. The van der Waals surface area contributed by atoms with E-state index in [2.05, 4.69) is 33.8 Å². The zero-order valence-corrected chi connectivity index (χ0v) is 14.9. The van der Waals surface area contributed by atoms with Crippen molar-refractivity contribution in [3.8, 4) is 0 Å². The minimum atomic E-state index is -0.335. The second kappa shape index (κ2) is 8.61. The number of fused-ring (bicyclic) bond motifs is 1. The molecule has 1 aromatic heterocycles. The molecule has 0 saturated carbocycles. The lowest BCUT2D eigenvalue weighted by Gasteiger charge is -2.35. The fraction of sp³-hybridized carbons (Fsp3) is 0.550. The molecule has 0 aliphatic carbocycles. The van der Waals surface area contributed by atoms with Crippen molar-refractivity contribution in [3.63, 3.8) is 0 Å². The van der Waals surface area contributed by atoms with E-state index in [1.807, 2.05) is 12.1 Å². The molecule has 2 heterocycles. The Balaban J connectivity index is 1.72. The maximum atomic E-state index is 11.9. The number of unbranched alkanes of at least 4 members (excludes halogenated alkanes) is 3. The van der Waals surface area contributed by atoms with E-state index in [-0.39, 0.29) is 11.6 Å². The van der Waals surface area contributed by atoms with Gasteiger partial charge >= 0.3 is 0 Å². The summed E-state index contributed by atoms with van der Waals surface area (Å²) in [5.41, 5.74) is 7.43. The number of carbonyl (C=O) groups is 1. The van der Waals surface area contributed by atoms with Gasteiger partial charge in [-0.3, -0.25) is 0 Å². The number of para-hydroxylation sites is 1. The highest BCUT2D eigenvalue weighted by Crippen LogP contribution is 2.35. The van der Waals surface area contributed by atoms with Crippen molar-refractivity contribution in [1.29, 1.82) is 0 Å². The Kier molecular flexibility index (Phi) is 6.24.